The Morgan fingerprint density at radius 1 is 1.43 bits per heavy atom. The first-order chi connectivity index (χ1) is 10.1. The van der Waals surface area contributed by atoms with E-state index in [1.165, 1.54) is 0 Å². The predicted octanol–water partition coefficient (Wildman–Crippen LogP) is 1.94. The van der Waals surface area contributed by atoms with E-state index in [4.69, 9.17) is 9.47 Å². The van der Waals surface area contributed by atoms with Crippen molar-refractivity contribution in [2.24, 2.45) is 5.92 Å². The molecule has 1 amide bonds. The van der Waals surface area contributed by atoms with Gasteiger partial charge in [-0.2, -0.15) is 0 Å². The molecule has 2 unspecified atom stereocenters. The third kappa shape index (κ3) is 3.47. The molecule has 2 rings (SSSR count). The van der Waals surface area contributed by atoms with Crippen LogP contribution >= 0.6 is 0 Å². The number of aliphatic hydroxyl groups is 1. The molecule has 0 bridgehead atoms. The van der Waals surface area contributed by atoms with E-state index < -0.39 is 0 Å². The summed E-state index contributed by atoms with van der Waals surface area (Å²) in [7, 11) is 1.56. The molecule has 2 atom stereocenters. The van der Waals surface area contributed by atoms with E-state index in [1.54, 1.807) is 30.2 Å². The van der Waals surface area contributed by atoms with E-state index in [1.807, 2.05) is 13.8 Å². The van der Waals surface area contributed by atoms with Gasteiger partial charge in [0, 0.05) is 18.7 Å². The summed E-state index contributed by atoms with van der Waals surface area (Å²) in [6, 6.07) is 5.23. The van der Waals surface area contributed by atoms with Gasteiger partial charge >= 0.3 is 0 Å². The molecule has 1 heterocycles. The third-order valence-electron chi connectivity index (χ3n) is 3.86. The Labute approximate surface area is 125 Å². The summed E-state index contributed by atoms with van der Waals surface area (Å²) in [4.78, 5) is 14.3. The highest BCUT2D eigenvalue weighted by molar-refractivity contribution is 5.95. The first kappa shape index (κ1) is 15.6. The minimum absolute atomic E-state index is 0.0323. The molecule has 0 saturated carbocycles. The molecule has 0 radical (unpaired) electrons. The number of nitrogens with zero attached hydrogens (tertiary/aromatic N) is 1. The Kier molecular flexibility index (Phi) is 5.07. The SMILES string of the molecule is CCOc1ccc(C(=O)N2CCC(O)C(C)C2)cc1OC. The predicted molar refractivity (Wildman–Crippen MR) is 79.9 cm³/mol. The van der Waals surface area contributed by atoms with Gasteiger partial charge < -0.3 is 19.5 Å². The number of carbonyl (C=O) groups excluding carboxylic acids is 1. The zero-order valence-electron chi connectivity index (χ0n) is 12.8. The standard InChI is InChI=1S/C16H23NO4/c1-4-21-14-6-5-12(9-15(14)20-3)16(19)17-8-7-13(18)11(2)10-17/h5-6,9,11,13,18H,4,7-8,10H2,1-3H3. The number of carbonyl (C=O) groups is 1. The molecule has 1 aliphatic heterocycles. The van der Waals surface area contributed by atoms with E-state index in [9.17, 15) is 9.90 Å². The van der Waals surface area contributed by atoms with Gasteiger partial charge in [-0.15, -0.1) is 0 Å². The van der Waals surface area contributed by atoms with Gasteiger partial charge in [0.15, 0.2) is 11.5 Å². The highest BCUT2D eigenvalue weighted by atomic mass is 16.5. The Balaban J connectivity index is 2.15. The molecule has 1 saturated heterocycles. The van der Waals surface area contributed by atoms with Gasteiger partial charge in [0.2, 0.25) is 0 Å². The molecule has 116 valence electrons. The van der Waals surface area contributed by atoms with Crippen LogP contribution in [0.2, 0.25) is 0 Å². The largest absolute Gasteiger partial charge is 0.493 e. The van der Waals surface area contributed by atoms with Crippen LogP contribution in [0.4, 0.5) is 0 Å². The van der Waals surface area contributed by atoms with Crippen molar-refractivity contribution in [3.05, 3.63) is 23.8 Å². The summed E-state index contributed by atoms with van der Waals surface area (Å²) in [5.74, 6) is 1.27. The van der Waals surface area contributed by atoms with Gasteiger partial charge in [0.25, 0.3) is 5.91 Å². The van der Waals surface area contributed by atoms with Crippen molar-refractivity contribution in [1.29, 1.82) is 0 Å². The van der Waals surface area contributed by atoms with Crippen molar-refractivity contribution in [2.75, 3.05) is 26.8 Å². The maximum absolute atomic E-state index is 12.5. The van der Waals surface area contributed by atoms with Crippen molar-refractivity contribution in [2.45, 2.75) is 26.4 Å². The van der Waals surface area contributed by atoms with Gasteiger partial charge in [-0.25, -0.2) is 0 Å². The lowest BCUT2D eigenvalue weighted by molar-refractivity contribution is 0.0297. The summed E-state index contributed by atoms with van der Waals surface area (Å²) in [6.45, 7) is 5.57. The number of ether oxygens (including phenoxy) is 2. The molecular weight excluding hydrogens is 270 g/mol. The number of benzene rings is 1. The maximum Gasteiger partial charge on any atom is 0.254 e. The number of amides is 1. The van der Waals surface area contributed by atoms with Gasteiger partial charge in [-0.05, 0) is 37.5 Å². The average Bonchev–Trinajstić information content (AvgIpc) is 2.50. The highest BCUT2D eigenvalue weighted by Gasteiger charge is 2.28. The summed E-state index contributed by atoms with van der Waals surface area (Å²) < 4.78 is 10.7. The van der Waals surface area contributed by atoms with Crippen molar-refractivity contribution >= 4 is 5.91 Å². The molecule has 0 aromatic heterocycles. The van der Waals surface area contributed by atoms with E-state index in [2.05, 4.69) is 0 Å². The van der Waals surface area contributed by atoms with Crippen molar-refractivity contribution in [3.63, 3.8) is 0 Å². The van der Waals surface area contributed by atoms with Crippen LogP contribution in [0, 0.1) is 5.92 Å². The average molecular weight is 293 g/mol. The van der Waals surface area contributed by atoms with Crippen LogP contribution in [0.5, 0.6) is 11.5 Å². The first-order valence-corrected chi connectivity index (χ1v) is 7.35. The molecule has 21 heavy (non-hydrogen) atoms. The summed E-state index contributed by atoms with van der Waals surface area (Å²) >= 11 is 0. The van der Waals surface area contributed by atoms with Gasteiger partial charge in [0.1, 0.15) is 0 Å². The van der Waals surface area contributed by atoms with E-state index in [0.29, 0.717) is 43.2 Å². The third-order valence-corrected chi connectivity index (χ3v) is 3.86. The smallest absolute Gasteiger partial charge is 0.254 e. The number of aliphatic hydroxyl groups excluding tert-OH is 1. The Hall–Kier alpha value is -1.75. The first-order valence-electron chi connectivity index (χ1n) is 7.35. The summed E-state index contributed by atoms with van der Waals surface area (Å²) in [5, 5.41) is 9.75. The van der Waals surface area contributed by atoms with Crippen molar-refractivity contribution < 1.29 is 19.4 Å². The maximum atomic E-state index is 12.5. The van der Waals surface area contributed by atoms with E-state index >= 15 is 0 Å². The second kappa shape index (κ2) is 6.80. The number of piperidine rings is 1. The number of rotatable bonds is 4. The lowest BCUT2D eigenvalue weighted by atomic mass is 9.96. The van der Waals surface area contributed by atoms with Crippen LogP contribution in [-0.4, -0.2) is 48.8 Å². The minimum Gasteiger partial charge on any atom is -0.493 e. The molecule has 1 aliphatic rings. The summed E-state index contributed by atoms with van der Waals surface area (Å²) in [6.07, 6.45) is 0.310. The number of methoxy groups -OCH3 is 1. The van der Waals surface area contributed by atoms with E-state index in [-0.39, 0.29) is 17.9 Å². The lowest BCUT2D eigenvalue weighted by Gasteiger charge is -2.34. The fourth-order valence-corrected chi connectivity index (χ4v) is 2.58. The minimum atomic E-state index is -0.316. The molecule has 5 heteroatoms. The molecule has 1 N–H and O–H groups in total. The molecule has 1 fully saturated rings. The normalized spacial score (nSPS) is 22.0. The van der Waals surface area contributed by atoms with Crippen LogP contribution < -0.4 is 9.47 Å². The fourth-order valence-electron chi connectivity index (χ4n) is 2.58. The Morgan fingerprint density at radius 2 is 2.19 bits per heavy atom. The van der Waals surface area contributed by atoms with Crippen molar-refractivity contribution in [1.82, 2.24) is 4.90 Å². The summed E-state index contributed by atoms with van der Waals surface area (Å²) in [5.41, 5.74) is 0.582. The quantitative estimate of drug-likeness (QED) is 0.921. The van der Waals surface area contributed by atoms with Gasteiger partial charge in [-0.1, -0.05) is 6.92 Å². The topological polar surface area (TPSA) is 59.0 Å². The molecular formula is C16H23NO4. The second-order valence-electron chi connectivity index (χ2n) is 5.38. The van der Waals surface area contributed by atoms with Crippen LogP contribution in [0.15, 0.2) is 18.2 Å². The number of likely N-dealkylation sites (tertiary alicyclic amines) is 1. The number of hydrogen-bond donors (Lipinski definition) is 1. The number of hydrogen-bond acceptors (Lipinski definition) is 4. The van der Waals surface area contributed by atoms with Gasteiger partial charge in [-0.3, -0.25) is 4.79 Å². The zero-order valence-corrected chi connectivity index (χ0v) is 12.8. The fraction of sp³-hybridized carbons (Fsp3) is 0.562. The molecule has 1 aromatic rings. The highest BCUT2D eigenvalue weighted by Crippen LogP contribution is 2.29. The Bertz CT molecular complexity index is 503. The van der Waals surface area contributed by atoms with Crippen LogP contribution in [0.3, 0.4) is 0 Å². The second-order valence-corrected chi connectivity index (χ2v) is 5.38. The van der Waals surface area contributed by atoms with E-state index in [0.717, 1.165) is 0 Å². The molecule has 0 aliphatic carbocycles. The monoisotopic (exact) mass is 293 g/mol. The van der Waals surface area contributed by atoms with Gasteiger partial charge in [0.05, 0.1) is 19.8 Å². The lowest BCUT2D eigenvalue weighted by Crippen LogP contribution is -2.44. The van der Waals surface area contributed by atoms with Crippen LogP contribution in [0.1, 0.15) is 30.6 Å². The molecule has 5 nitrogen and oxygen atoms in total. The van der Waals surface area contributed by atoms with Crippen LogP contribution in [-0.2, 0) is 0 Å². The van der Waals surface area contributed by atoms with Crippen LogP contribution in [0.25, 0.3) is 0 Å². The van der Waals surface area contributed by atoms with Crippen molar-refractivity contribution in [3.8, 4) is 11.5 Å². The molecule has 0 spiro atoms. The zero-order chi connectivity index (χ0) is 15.4. The molecule has 1 aromatic carbocycles. The Morgan fingerprint density at radius 3 is 2.81 bits per heavy atom.